The van der Waals surface area contributed by atoms with Crippen LogP contribution in [0.4, 0.5) is 5.69 Å². The van der Waals surface area contributed by atoms with E-state index in [1.165, 1.54) is 11.3 Å². The summed E-state index contributed by atoms with van der Waals surface area (Å²) in [4.78, 5) is 25.5. The molecule has 0 saturated carbocycles. The van der Waals surface area contributed by atoms with Crippen molar-refractivity contribution in [2.75, 3.05) is 18.5 Å². The van der Waals surface area contributed by atoms with E-state index in [1.807, 2.05) is 26.8 Å². The largest absolute Gasteiger partial charge is 0.494 e. The maximum atomic E-state index is 12.0. The van der Waals surface area contributed by atoms with Gasteiger partial charge in [-0.2, -0.15) is 0 Å². The normalized spacial score (nSPS) is 10.3. The molecule has 2 rings (SSSR count). The molecular formula is C18H21NO4S. The van der Waals surface area contributed by atoms with Gasteiger partial charge in [0.1, 0.15) is 10.6 Å². The summed E-state index contributed by atoms with van der Waals surface area (Å²) in [6.45, 7) is 6.18. The number of esters is 1. The van der Waals surface area contributed by atoms with E-state index in [2.05, 4.69) is 5.32 Å². The zero-order valence-electron chi connectivity index (χ0n) is 14.0. The van der Waals surface area contributed by atoms with Crippen molar-refractivity contribution in [3.8, 4) is 5.75 Å². The number of hydrogen-bond donors (Lipinski definition) is 1. The van der Waals surface area contributed by atoms with Crippen LogP contribution in [0.1, 0.15) is 34.0 Å². The van der Waals surface area contributed by atoms with E-state index in [4.69, 9.17) is 9.47 Å². The van der Waals surface area contributed by atoms with E-state index in [0.29, 0.717) is 17.2 Å². The zero-order chi connectivity index (χ0) is 17.5. The molecule has 5 nitrogen and oxygen atoms in total. The van der Waals surface area contributed by atoms with Crippen LogP contribution in [-0.4, -0.2) is 25.1 Å². The summed E-state index contributed by atoms with van der Waals surface area (Å²) >= 11 is 1.39. The van der Waals surface area contributed by atoms with Gasteiger partial charge in [0.15, 0.2) is 6.61 Å². The first-order chi connectivity index (χ1) is 11.5. The lowest BCUT2D eigenvalue weighted by atomic mass is 10.2. The Balaban J connectivity index is 1.84. The summed E-state index contributed by atoms with van der Waals surface area (Å²) in [5.41, 5.74) is 1.76. The van der Waals surface area contributed by atoms with Crippen LogP contribution in [0, 0.1) is 6.92 Å². The molecule has 1 N–H and O–H groups in total. The molecule has 0 aliphatic rings. The van der Waals surface area contributed by atoms with Gasteiger partial charge in [-0.3, -0.25) is 4.79 Å². The standard InChI is InChI=1S/C18H21NO4S/c1-4-13-10-16(24-12(13)3)18(21)23-11-17(20)19-14-6-8-15(9-7-14)22-5-2/h6-10H,4-5,11H2,1-3H3,(H,19,20). The van der Waals surface area contributed by atoms with E-state index in [9.17, 15) is 9.59 Å². The first-order valence-electron chi connectivity index (χ1n) is 7.82. The molecule has 0 spiro atoms. The van der Waals surface area contributed by atoms with Crippen LogP contribution in [-0.2, 0) is 16.0 Å². The molecule has 1 amide bonds. The van der Waals surface area contributed by atoms with E-state index >= 15 is 0 Å². The van der Waals surface area contributed by atoms with Crippen molar-refractivity contribution in [3.05, 3.63) is 45.6 Å². The van der Waals surface area contributed by atoms with Gasteiger partial charge in [0, 0.05) is 10.6 Å². The molecule has 0 aliphatic carbocycles. The van der Waals surface area contributed by atoms with Gasteiger partial charge < -0.3 is 14.8 Å². The molecule has 0 atom stereocenters. The molecule has 2 aromatic rings. The molecular weight excluding hydrogens is 326 g/mol. The molecule has 0 fully saturated rings. The first-order valence-corrected chi connectivity index (χ1v) is 8.64. The van der Waals surface area contributed by atoms with Crippen LogP contribution in [0.2, 0.25) is 0 Å². The van der Waals surface area contributed by atoms with Crippen molar-refractivity contribution in [1.82, 2.24) is 0 Å². The zero-order valence-corrected chi connectivity index (χ0v) is 14.9. The van der Waals surface area contributed by atoms with Gasteiger partial charge in [-0.1, -0.05) is 6.92 Å². The van der Waals surface area contributed by atoms with Gasteiger partial charge in [0.05, 0.1) is 6.61 Å². The fourth-order valence-electron chi connectivity index (χ4n) is 2.17. The number of carbonyl (C=O) groups is 2. The third kappa shape index (κ3) is 4.83. The van der Waals surface area contributed by atoms with Crippen molar-refractivity contribution >= 4 is 28.9 Å². The molecule has 6 heteroatoms. The van der Waals surface area contributed by atoms with Gasteiger partial charge in [0.25, 0.3) is 5.91 Å². The number of benzene rings is 1. The van der Waals surface area contributed by atoms with E-state index < -0.39 is 5.97 Å². The Labute approximate surface area is 145 Å². The predicted molar refractivity (Wildman–Crippen MR) is 95.0 cm³/mol. The molecule has 0 radical (unpaired) electrons. The summed E-state index contributed by atoms with van der Waals surface area (Å²) in [6.07, 6.45) is 0.869. The number of nitrogens with one attached hydrogen (secondary N) is 1. The van der Waals surface area contributed by atoms with Gasteiger partial charge in [-0.05, 0) is 56.2 Å². The lowest BCUT2D eigenvalue weighted by molar-refractivity contribution is -0.119. The monoisotopic (exact) mass is 347 g/mol. The van der Waals surface area contributed by atoms with E-state index in [1.54, 1.807) is 24.3 Å². The highest BCUT2D eigenvalue weighted by Crippen LogP contribution is 2.22. The average Bonchev–Trinajstić information content (AvgIpc) is 2.96. The molecule has 1 aromatic heterocycles. The van der Waals surface area contributed by atoms with E-state index in [-0.39, 0.29) is 12.5 Å². The third-order valence-electron chi connectivity index (χ3n) is 3.39. The number of anilines is 1. The molecule has 0 saturated heterocycles. The number of aryl methyl sites for hydroxylation is 2. The molecule has 24 heavy (non-hydrogen) atoms. The summed E-state index contributed by atoms with van der Waals surface area (Å²) < 4.78 is 10.4. The van der Waals surface area contributed by atoms with Crippen molar-refractivity contribution in [3.63, 3.8) is 0 Å². The number of thiophene rings is 1. The maximum absolute atomic E-state index is 12.0. The topological polar surface area (TPSA) is 64.6 Å². The summed E-state index contributed by atoms with van der Waals surface area (Å²) in [7, 11) is 0. The second-order valence-electron chi connectivity index (χ2n) is 5.13. The van der Waals surface area contributed by atoms with Crippen LogP contribution >= 0.6 is 11.3 Å². The number of amides is 1. The highest BCUT2D eigenvalue weighted by atomic mass is 32.1. The van der Waals surface area contributed by atoms with E-state index in [0.717, 1.165) is 22.6 Å². The van der Waals surface area contributed by atoms with Gasteiger partial charge >= 0.3 is 5.97 Å². The number of carbonyl (C=O) groups excluding carboxylic acids is 2. The lowest BCUT2D eigenvalue weighted by Gasteiger charge is -2.07. The van der Waals surface area contributed by atoms with Crippen molar-refractivity contribution in [2.45, 2.75) is 27.2 Å². The number of ether oxygens (including phenoxy) is 2. The molecule has 1 heterocycles. The Hall–Kier alpha value is -2.34. The Kier molecular flexibility index (Phi) is 6.37. The molecule has 1 aromatic carbocycles. The van der Waals surface area contributed by atoms with Crippen molar-refractivity contribution in [2.24, 2.45) is 0 Å². The van der Waals surface area contributed by atoms with Crippen LogP contribution < -0.4 is 10.1 Å². The fraction of sp³-hybridized carbons (Fsp3) is 0.333. The highest BCUT2D eigenvalue weighted by Gasteiger charge is 2.14. The molecule has 0 unspecified atom stereocenters. The van der Waals surface area contributed by atoms with Crippen molar-refractivity contribution < 1.29 is 19.1 Å². The van der Waals surface area contributed by atoms with Crippen molar-refractivity contribution in [1.29, 1.82) is 0 Å². The second-order valence-corrected chi connectivity index (χ2v) is 6.38. The Morgan fingerprint density at radius 2 is 1.88 bits per heavy atom. The van der Waals surface area contributed by atoms with Gasteiger partial charge in [-0.25, -0.2) is 4.79 Å². The fourth-order valence-corrected chi connectivity index (χ4v) is 3.18. The molecule has 128 valence electrons. The molecule has 0 aliphatic heterocycles. The average molecular weight is 347 g/mol. The SMILES string of the molecule is CCOc1ccc(NC(=O)COC(=O)c2cc(CC)c(C)s2)cc1. The smallest absolute Gasteiger partial charge is 0.348 e. The summed E-state index contributed by atoms with van der Waals surface area (Å²) in [5, 5.41) is 2.68. The predicted octanol–water partition coefficient (Wildman–Crippen LogP) is 3.81. The minimum Gasteiger partial charge on any atom is -0.494 e. The first kappa shape index (κ1) is 18.0. The lowest BCUT2D eigenvalue weighted by Crippen LogP contribution is -2.20. The van der Waals surface area contributed by atoms with Crippen LogP contribution in [0.5, 0.6) is 5.75 Å². The Bertz CT molecular complexity index is 706. The maximum Gasteiger partial charge on any atom is 0.348 e. The summed E-state index contributed by atoms with van der Waals surface area (Å²) in [6, 6.07) is 8.84. The van der Waals surface area contributed by atoms with Gasteiger partial charge in [0.2, 0.25) is 0 Å². The minimum absolute atomic E-state index is 0.315. The number of hydrogen-bond acceptors (Lipinski definition) is 5. The quantitative estimate of drug-likeness (QED) is 0.774. The third-order valence-corrected chi connectivity index (χ3v) is 4.46. The van der Waals surface area contributed by atoms with Crippen LogP contribution in [0.25, 0.3) is 0 Å². The highest BCUT2D eigenvalue weighted by molar-refractivity contribution is 7.14. The molecule has 0 bridgehead atoms. The van der Waals surface area contributed by atoms with Crippen LogP contribution in [0.15, 0.2) is 30.3 Å². The second kappa shape index (κ2) is 8.49. The number of rotatable bonds is 7. The van der Waals surface area contributed by atoms with Crippen LogP contribution in [0.3, 0.4) is 0 Å². The minimum atomic E-state index is -0.468. The Morgan fingerprint density at radius 1 is 1.17 bits per heavy atom. The van der Waals surface area contributed by atoms with Gasteiger partial charge in [-0.15, -0.1) is 11.3 Å². The summed E-state index contributed by atoms with van der Waals surface area (Å²) in [5.74, 6) is -0.108. The Morgan fingerprint density at radius 3 is 2.46 bits per heavy atom.